The van der Waals surface area contributed by atoms with E-state index in [-0.39, 0.29) is 5.97 Å². The first-order valence-corrected chi connectivity index (χ1v) is 3.18. The molecule has 1 aromatic rings. The van der Waals surface area contributed by atoms with Crippen LogP contribution in [0.1, 0.15) is 6.92 Å². The lowest BCUT2D eigenvalue weighted by molar-refractivity contribution is -0.138. The molecule has 0 saturated heterocycles. The number of hydrogen-bond acceptors (Lipinski definition) is 3. The van der Waals surface area contributed by atoms with Crippen LogP contribution in [0.4, 0.5) is 5.69 Å². The third-order valence-electron chi connectivity index (χ3n) is 1.03. The molecule has 0 aliphatic heterocycles. The lowest BCUT2D eigenvalue weighted by Gasteiger charge is -2.02. The van der Waals surface area contributed by atoms with E-state index in [9.17, 15) is 4.79 Å². The molecule has 3 heteroatoms. The molecule has 1 N–H and O–H groups in total. The molecule has 1 radical (unpaired) electrons. The van der Waals surface area contributed by atoms with Crippen molar-refractivity contribution in [1.29, 1.82) is 0 Å². The van der Waals surface area contributed by atoms with Gasteiger partial charge in [-0.2, -0.15) is 0 Å². The molecular weight excluding hydrogens is 142 g/mol. The summed E-state index contributed by atoms with van der Waals surface area (Å²) in [5.74, 6) is -0.363. The minimum Gasteiger partial charge on any atom is -0.344 e. The summed E-state index contributed by atoms with van der Waals surface area (Å²) in [4.78, 5) is 14.8. The second kappa shape index (κ2) is 3.61. The predicted molar refractivity (Wildman–Crippen MR) is 40.7 cm³/mol. The molecule has 0 bridgehead atoms. The minimum atomic E-state index is -0.363. The number of hydrogen-bond donors (Lipinski definition) is 1. The van der Waals surface area contributed by atoms with Crippen LogP contribution in [-0.2, 0) is 9.63 Å². The first-order valence-electron chi connectivity index (χ1n) is 3.18. The maximum Gasteiger partial charge on any atom is 0.329 e. The van der Waals surface area contributed by atoms with E-state index in [1.807, 2.05) is 0 Å². The van der Waals surface area contributed by atoms with Crippen LogP contribution in [-0.4, -0.2) is 5.97 Å². The number of carbonyl (C=O) groups excluding carboxylic acids is 1. The fraction of sp³-hybridized carbons (Fsp3) is 0.125. The lowest BCUT2D eigenvalue weighted by Crippen LogP contribution is -2.05. The number of carbonyl (C=O) groups is 1. The SMILES string of the molecule is CC(=O)ONc1cc[c]cc1. The van der Waals surface area contributed by atoms with Crippen molar-refractivity contribution in [3.05, 3.63) is 30.3 Å². The first kappa shape index (κ1) is 7.60. The van der Waals surface area contributed by atoms with Crippen molar-refractivity contribution in [1.82, 2.24) is 0 Å². The maximum absolute atomic E-state index is 10.3. The molecule has 0 heterocycles. The Morgan fingerprint density at radius 2 is 2.18 bits per heavy atom. The van der Waals surface area contributed by atoms with E-state index >= 15 is 0 Å². The molecule has 3 nitrogen and oxygen atoms in total. The minimum absolute atomic E-state index is 0.363. The molecule has 57 valence electrons. The van der Waals surface area contributed by atoms with E-state index in [0.29, 0.717) is 0 Å². The van der Waals surface area contributed by atoms with E-state index in [0.717, 1.165) is 5.69 Å². The zero-order chi connectivity index (χ0) is 8.10. The van der Waals surface area contributed by atoms with Crippen LogP contribution in [0.3, 0.4) is 0 Å². The highest BCUT2D eigenvalue weighted by molar-refractivity contribution is 5.67. The summed E-state index contributed by atoms with van der Waals surface area (Å²) in [6.07, 6.45) is 0. The van der Waals surface area contributed by atoms with Gasteiger partial charge >= 0.3 is 5.97 Å². The molecule has 1 rings (SSSR count). The predicted octanol–water partition coefficient (Wildman–Crippen LogP) is 1.38. The zero-order valence-corrected chi connectivity index (χ0v) is 6.13. The summed E-state index contributed by atoms with van der Waals surface area (Å²) < 4.78 is 0. The highest BCUT2D eigenvalue weighted by Gasteiger charge is 1.91. The summed E-state index contributed by atoms with van der Waals surface area (Å²) in [5, 5.41) is 0. The molecule has 11 heavy (non-hydrogen) atoms. The van der Waals surface area contributed by atoms with Crippen molar-refractivity contribution in [3.8, 4) is 0 Å². The van der Waals surface area contributed by atoms with Crippen molar-refractivity contribution in [2.45, 2.75) is 6.92 Å². The van der Waals surface area contributed by atoms with Gasteiger partial charge in [-0.25, -0.2) is 5.48 Å². The zero-order valence-electron chi connectivity index (χ0n) is 6.13. The Morgan fingerprint density at radius 1 is 1.55 bits per heavy atom. The van der Waals surface area contributed by atoms with Gasteiger partial charge in [0, 0.05) is 6.92 Å². The fourth-order valence-corrected chi connectivity index (χ4v) is 0.586. The third kappa shape index (κ3) is 2.71. The van der Waals surface area contributed by atoms with Gasteiger partial charge < -0.3 is 4.84 Å². The Kier molecular flexibility index (Phi) is 2.49. The van der Waals surface area contributed by atoms with Crippen molar-refractivity contribution in [3.63, 3.8) is 0 Å². The highest BCUT2D eigenvalue weighted by Crippen LogP contribution is 2.03. The Labute approximate surface area is 64.9 Å². The van der Waals surface area contributed by atoms with Crippen LogP contribution in [0.25, 0.3) is 0 Å². The molecule has 0 atom stereocenters. The summed E-state index contributed by atoms with van der Waals surface area (Å²) >= 11 is 0. The summed E-state index contributed by atoms with van der Waals surface area (Å²) in [5.41, 5.74) is 3.21. The Morgan fingerprint density at radius 3 is 2.73 bits per heavy atom. The second-order valence-electron chi connectivity index (χ2n) is 1.98. The van der Waals surface area contributed by atoms with Crippen LogP contribution in [0, 0.1) is 6.07 Å². The van der Waals surface area contributed by atoms with Crippen molar-refractivity contribution >= 4 is 11.7 Å². The Hall–Kier alpha value is -1.51. The first-order chi connectivity index (χ1) is 5.29. The number of anilines is 1. The van der Waals surface area contributed by atoms with E-state index in [4.69, 9.17) is 0 Å². The topological polar surface area (TPSA) is 38.3 Å². The molecule has 0 aliphatic carbocycles. The molecule has 0 unspecified atom stereocenters. The van der Waals surface area contributed by atoms with Crippen LogP contribution >= 0.6 is 0 Å². The van der Waals surface area contributed by atoms with Gasteiger partial charge in [0.2, 0.25) is 0 Å². The van der Waals surface area contributed by atoms with Crippen LogP contribution in [0.2, 0.25) is 0 Å². The van der Waals surface area contributed by atoms with Gasteiger partial charge in [0.1, 0.15) is 0 Å². The van der Waals surface area contributed by atoms with Crippen LogP contribution < -0.4 is 5.48 Å². The third-order valence-corrected chi connectivity index (χ3v) is 1.03. The average Bonchev–Trinajstić information content (AvgIpc) is 2.03. The lowest BCUT2D eigenvalue weighted by atomic mass is 10.3. The molecule has 0 aliphatic rings. The van der Waals surface area contributed by atoms with Gasteiger partial charge in [-0.1, -0.05) is 12.1 Å². The Balaban J connectivity index is 2.45. The van der Waals surface area contributed by atoms with Gasteiger partial charge in [0.15, 0.2) is 0 Å². The molecule has 0 saturated carbocycles. The van der Waals surface area contributed by atoms with Gasteiger partial charge in [0.25, 0.3) is 0 Å². The fourth-order valence-electron chi connectivity index (χ4n) is 0.586. The van der Waals surface area contributed by atoms with Crippen LogP contribution in [0.5, 0.6) is 0 Å². The van der Waals surface area contributed by atoms with Gasteiger partial charge in [0.05, 0.1) is 5.69 Å². The summed E-state index contributed by atoms with van der Waals surface area (Å²) in [6, 6.07) is 9.80. The second-order valence-corrected chi connectivity index (χ2v) is 1.98. The standard InChI is InChI=1S/C8H8NO2/c1-7(10)11-9-8-5-3-2-4-6-8/h3-6,9H,1H3. The summed E-state index contributed by atoms with van der Waals surface area (Å²) in [6.45, 7) is 1.34. The van der Waals surface area contributed by atoms with Gasteiger partial charge in [-0.15, -0.1) is 0 Å². The highest BCUT2D eigenvalue weighted by atomic mass is 16.7. The smallest absolute Gasteiger partial charge is 0.329 e. The number of nitrogens with one attached hydrogen (secondary N) is 1. The van der Waals surface area contributed by atoms with Crippen LogP contribution in [0.15, 0.2) is 24.3 Å². The monoisotopic (exact) mass is 150 g/mol. The van der Waals surface area contributed by atoms with E-state index < -0.39 is 0 Å². The van der Waals surface area contributed by atoms with E-state index in [1.165, 1.54) is 6.92 Å². The average molecular weight is 150 g/mol. The number of rotatable bonds is 2. The van der Waals surface area contributed by atoms with Crippen molar-refractivity contribution in [2.24, 2.45) is 0 Å². The number of benzene rings is 1. The van der Waals surface area contributed by atoms with Crippen molar-refractivity contribution < 1.29 is 9.63 Å². The normalized spacial score (nSPS) is 8.82. The molecule has 0 aromatic heterocycles. The molecule has 0 amide bonds. The Bertz CT molecular complexity index is 233. The molecular formula is C8H8NO2. The largest absolute Gasteiger partial charge is 0.344 e. The van der Waals surface area contributed by atoms with Gasteiger partial charge in [-0.3, -0.25) is 4.79 Å². The van der Waals surface area contributed by atoms with E-state index in [2.05, 4.69) is 16.4 Å². The molecule has 0 spiro atoms. The quantitative estimate of drug-likeness (QED) is 0.647. The molecule has 1 aromatic carbocycles. The summed E-state index contributed by atoms with van der Waals surface area (Å²) in [7, 11) is 0. The van der Waals surface area contributed by atoms with E-state index in [1.54, 1.807) is 24.3 Å². The molecule has 0 fully saturated rings. The maximum atomic E-state index is 10.3. The van der Waals surface area contributed by atoms with Gasteiger partial charge in [-0.05, 0) is 18.2 Å². The van der Waals surface area contributed by atoms with Crippen molar-refractivity contribution in [2.75, 3.05) is 5.48 Å².